The van der Waals surface area contributed by atoms with Crippen LogP contribution in [0, 0.1) is 0 Å². The van der Waals surface area contributed by atoms with Crippen LogP contribution in [0.1, 0.15) is 18.5 Å². The lowest BCUT2D eigenvalue weighted by Crippen LogP contribution is -2.35. The predicted octanol–water partition coefficient (Wildman–Crippen LogP) is 1.65. The van der Waals surface area contributed by atoms with Gasteiger partial charge in [0.1, 0.15) is 5.75 Å². The molecule has 1 rings (SSSR count). The zero-order valence-electron chi connectivity index (χ0n) is 10.9. The lowest BCUT2D eigenvalue weighted by atomic mass is 10.1. The van der Waals surface area contributed by atoms with Crippen LogP contribution in [0.4, 0.5) is 0 Å². The number of para-hydroxylation sites is 1. The first-order valence-electron chi connectivity index (χ1n) is 5.93. The van der Waals surface area contributed by atoms with Crippen molar-refractivity contribution in [2.45, 2.75) is 13.0 Å². The van der Waals surface area contributed by atoms with Gasteiger partial charge in [0.2, 0.25) is 5.91 Å². The molecule has 0 spiro atoms. The molecule has 98 valence electrons. The smallest absolute Gasteiger partial charge is 0.234 e. The Kier molecular flexibility index (Phi) is 5.94. The van der Waals surface area contributed by atoms with Crippen molar-refractivity contribution in [3.63, 3.8) is 0 Å². The highest BCUT2D eigenvalue weighted by Crippen LogP contribution is 2.23. The zero-order chi connectivity index (χ0) is 13.4. The average Bonchev–Trinajstić information content (AvgIpc) is 2.39. The van der Waals surface area contributed by atoms with E-state index in [1.54, 1.807) is 13.2 Å². The summed E-state index contributed by atoms with van der Waals surface area (Å²) in [7, 11) is 1.62. The van der Waals surface area contributed by atoms with Gasteiger partial charge in [-0.15, -0.1) is 6.58 Å². The first kappa shape index (κ1) is 14.3. The second-order valence-electron chi connectivity index (χ2n) is 3.95. The van der Waals surface area contributed by atoms with Crippen LogP contribution in [0.25, 0.3) is 0 Å². The minimum Gasteiger partial charge on any atom is -0.496 e. The van der Waals surface area contributed by atoms with Gasteiger partial charge >= 0.3 is 0 Å². The number of nitrogens with one attached hydrogen (secondary N) is 2. The number of carbonyl (C=O) groups is 1. The molecule has 0 aliphatic heterocycles. The Balaban J connectivity index is 2.56. The monoisotopic (exact) mass is 248 g/mol. The van der Waals surface area contributed by atoms with E-state index in [1.165, 1.54) is 0 Å². The van der Waals surface area contributed by atoms with Crippen molar-refractivity contribution < 1.29 is 9.53 Å². The summed E-state index contributed by atoms with van der Waals surface area (Å²) < 4.78 is 5.27. The molecule has 1 amide bonds. The van der Waals surface area contributed by atoms with E-state index in [-0.39, 0.29) is 18.5 Å². The summed E-state index contributed by atoms with van der Waals surface area (Å²) in [4.78, 5) is 11.7. The normalized spacial score (nSPS) is 11.7. The highest BCUT2D eigenvalue weighted by atomic mass is 16.5. The van der Waals surface area contributed by atoms with Gasteiger partial charge in [-0.05, 0) is 13.0 Å². The molecular weight excluding hydrogens is 228 g/mol. The summed E-state index contributed by atoms with van der Waals surface area (Å²) in [5.41, 5.74) is 0.970. The number of carbonyl (C=O) groups excluding carboxylic acids is 1. The Labute approximate surface area is 108 Å². The van der Waals surface area contributed by atoms with Crippen molar-refractivity contribution in [1.29, 1.82) is 0 Å². The molecule has 0 fully saturated rings. The number of hydrogen-bond donors (Lipinski definition) is 2. The van der Waals surface area contributed by atoms with Crippen molar-refractivity contribution in [3.05, 3.63) is 42.5 Å². The Hall–Kier alpha value is -1.81. The number of rotatable bonds is 7. The number of hydrogen-bond acceptors (Lipinski definition) is 3. The van der Waals surface area contributed by atoms with E-state index in [9.17, 15) is 4.79 Å². The Morgan fingerprint density at radius 3 is 2.89 bits per heavy atom. The van der Waals surface area contributed by atoms with Crippen LogP contribution in [-0.2, 0) is 4.79 Å². The maximum absolute atomic E-state index is 11.7. The van der Waals surface area contributed by atoms with Gasteiger partial charge in [0.15, 0.2) is 0 Å². The molecule has 0 radical (unpaired) electrons. The maximum atomic E-state index is 11.7. The maximum Gasteiger partial charge on any atom is 0.234 e. The molecule has 1 aromatic carbocycles. The van der Waals surface area contributed by atoms with Crippen LogP contribution in [0.3, 0.4) is 0 Å². The topological polar surface area (TPSA) is 50.4 Å². The summed E-state index contributed by atoms with van der Waals surface area (Å²) in [6.07, 6.45) is 1.72. The van der Waals surface area contributed by atoms with Crippen LogP contribution >= 0.6 is 0 Å². The number of methoxy groups -OCH3 is 1. The SMILES string of the molecule is C=CCNCC(=O)N[C@H](C)c1ccccc1OC. The van der Waals surface area contributed by atoms with Crippen molar-refractivity contribution in [3.8, 4) is 5.75 Å². The molecule has 0 aliphatic rings. The molecule has 1 atom stereocenters. The fourth-order valence-electron chi connectivity index (χ4n) is 1.68. The first-order valence-corrected chi connectivity index (χ1v) is 5.93. The van der Waals surface area contributed by atoms with Crippen LogP contribution in [0.5, 0.6) is 5.75 Å². The molecule has 0 aromatic heterocycles. The lowest BCUT2D eigenvalue weighted by molar-refractivity contribution is -0.120. The third-order valence-corrected chi connectivity index (χ3v) is 2.56. The molecule has 0 bridgehead atoms. The molecule has 0 unspecified atom stereocenters. The van der Waals surface area contributed by atoms with Gasteiger partial charge in [0.25, 0.3) is 0 Å². The highest BCUT2D eigenvalue weighted by Gasteiger charge is 2.12. The van der Waals surface area contributed by atoms with Gasteiger partial charge in [-0.2, -0.15) is 0 Å². The molecule has 18 heavy (non-hydrogen) atoms. The van der Waals surface area contributed by atoms with E-state index in [1.807, 2.05) is 31.2 Å². The highest BCUT2D eigenvalue weighted by molar-refractivity contribution is 5.78. The van der Waals surface area contributed by atoms with Crippen molar-refractivity contribution >= 4 is 5.91 Å². The molecule has 0 heterocycles. The van der Waals surface area contributed by atoms with Gasteiger partial charge in [0.05, 0.1) is 19.7 Å². The van der Waals surface area contributed by atoms with E-state index < -0.39 is 0 Å². The van der Waals surface area contributed by atoms with Gasteiger partial charge in [0, 0.05) is 12.1 Å². The molecule has 2 N–H and O–H groups in total. The predicted molar refractivity (Wildman–Crippen MR) is 72.6 cm³/mol. The fraction of sp³-hybridized carbons (Fsp3) is 0.357. The molecule has 4 heteroatoms. The molecular formula is C14H20N2O2. The molecule has 0 saturated carbocycles. The third-order valence-electron chi connectivity index (χ3n) is 2.56. The first-order chi connectivity index (χ1) is 8.69. The second-order valence-corrected chi connectivity index (χ2v) is 3.95. The standard InChI is InChI=1S/C14H20N2O2/c1-4-9-15-10-14(17)16-11(2)12-7-5-6-8-13(12)18-3/h4-8,11,15H,1,9-10H2,2-3H3,(H,16,17)/t11-/m1/s1. The zero-order valence-corrected chi connectivity index (χ0v) is 10.9. The Morgan fingerprint density at radius 1 is 1.50 bits per heavy atom. The summed E-state index contributed by atoms with van der Waals surface area (Å²) in [6, 6.07) is 7.58. The number of benzene rings is 1. The van der Waals surface area contributed by atoms with E-state index in [4.69, 9.17) is 4.74 Å². The second kappa shape index (κ2) is 7.50. The van der Waals surface area contributed by atoms with Crippen molar-refractivity contribution in [2.75, 3.05) is 20.2 Å². The van der Waals surface area contributed by atoms with Crippen molar-refractivity contribution in [1.82, 2.24) is 10.6 Å². The lowest BCUT2D eigenvalue weighted by Gasteiger charge is -2.17. The van der Waals surface area contributed by atoms with Crippen LogP contribution in [0.15, 0.2) is 36.9 Å². The van der Waals surface area contributed by atoms with E-state index in [0.29, 0.717) is 6.54 Å². The van der Waals surface area contributed by atoms with Crippen LogP contribution in [-0.4, -0.2) is 26.1 Å². The summed E-state index contributed by atoms with van der Waals surface area (Å²) in [5.74, 6) is 0.736. The Bertz CT molecular complexity index is 405. The Morgan fingerprint density at radius 2 is 2.22 bits per heavy atom. The minimum atomic E-state index is -0.0841. The average molecular weight is 248 g/mol. The quantitative estimate of drug-likeness (QED) is 0.570. The molecule has 0 saturated heterocycles. The summed E-state index contributed by atoms with van der Waals surface area (Å²) >= 11 is 0. The minimum absolute atomic E-state index is 0.0461. The number of ether oxygens (including phenoxy) is 1. The fourth-order valence-corrected chi connectivity index (χ4v) is 1.68. The van der Waals surface area contributed by atoms with E-state index in [0.717, 1.165) is 11.3 Å². The van der Waals surface area contributed by atoms with Gasteiger partial charge in [-0.1, -0.05) is 24.3 Å². The van der Waals surface area contributed by atoms with Crippen molar-refractivity contribution in [2.24, 2.45) is 0 Å². The van der Waals surface area contributed by atoms with E-state index in [2.05, 4.69) is 17.2 Å². The van der Waals surface area contributed by atoms with Gasteiger partial charge in [-0.3, -0.25) is 4.79 Å². The third kappa shape index (κ3) is 4.22. The molecule has 0 aliphatic carbocycles. The van der Waals surface area contributed by atoms with E-state index >= 15 is 0 Å². The number of amides is 1. The van der Waals surface area contributed by atoms with Crippen LogP contribution in [0.2, 0.25) is 0 Å². The molecule has 1 aromatic rings. The summed E-state index contributed by atoms with van der Waals surface area (Å²) in [5, 5.41) is 5.87. The van der Waals surface area contributed by atoms with Gasteiger partial charge in [-0.25, -0.2) is 0 Å². The largest absolute Gasteiger partial charge is 0.496 e. The van der Waals surface area contributed by atoms with Gasteiger partial charge < -0.3 is 15.4 Å². The molecule has 4 nitrogen and oxygen atoms in total. The summed E-state index contributed by atoms with van der Waals surface area (Å²) in [6.45, 7) is 6.42. The van der Waals surface area contributed by atoms with Crippen LogP contribution < -0.4 is 15.4 Å².